The Bertz CT molecular complexity index is 1620. The van der Waals surface area contributed by atoms with Crippen LogP contribution in [0, 0.1) is 23.2 Å². The first-order chi connectivity index (χ1) is 19.1. The van der Waals surface area contributed by atoms with E-state index >= 15 is 4.39 Å². The molecule has 3 aromatic carbocycles. The van der Waals surface area contributed by atoms with Gasteiger partial charge in [-0.25, -0.2) is 4.68 Å². The molecule has 2 fully saturated rings. The topological polar surface area (TPSA) is 67.9 Å². The van der Waals surface area contributed by atoms with Crippen LogP contribution in [0.15, 0.2) is 60.7 Å². The molecule has 1 saturated heterocycles. The number of nitriles is 1. The molecule has 1 aromatic heterocycles. The molecule has 1 aliphatic heterocycles. The number of benzene rings is 3. The molecule has 0 spiro atoms. The number of carbonyl (C=O) groups excluding carboxylic acids is 1. The largest absolute Gasteiger partial charge is 0.356 e. The summed E-state index contributed by atoms with van der Waals surface area (Å²) in [6.45, 7) is 0.644. The number of aromatic nitrogens is 2. The van der Waals surface area contributed by atoms with Gasteiger partial charge in [0, 0.05) is 17.2 Å². The van der Waals surface area contributed by atoms with Crippen LogP contribution in [0.3, 0.4) is 0 Å². The first-order valence-corrected chi connectivity index (χ1v) is 13.7. The molecule has 196 valence electrons. The SMILES string of the molecule is N#Cc1ccc(C(=C(c2ccc(C=O)cc2)c2ccc3c(c2)c(F)nn3C2CCCCO2)C2CCC2)c(Cl)c1. The fraction of sp³-hybridized carbons (Fsp3) is 0.281. The van der Waals surface area contributed by atoms with Gasteiger partial charge in [0.2, 0.25) is 5.95 Å². The van der Waals surface area contributed by atoms with Crippen molar-refractivity contribution in [2.75, 3.05) is 6.61 Å². The smallest absolute Gasteiger partial charge is 0.240 e. The molecule has 2 heterocycles. The van der Waals surface area contributed by atoms with Crippen molar-refractivity contribution in [2.24, 2.45) is 5.92 Å². The van der Waals surface area contributed by atoms with Crippen molar-refractivity contribution in [3.8, 4) is 6.07 Å². The van der Waals surface area contributed by atoms with Crippen LogP contribution in [0.1, 0.15) is 77.4 Å². The predicted octanol–water partition coefficient (Wildman–Crippen LogP) is 7.97. The fourth-order valence-electron chi connectivity index (χ4n) is 5.66. The van der Waals surface area contributed by atoms with Crippen LogP contribution in [0.25, 0.3) is 22.0 Å². The maximum absolute atomic E-state index is 15.3. The zero-order valence-electron chi connectivity index (χ0n) is 21.4. The normalized spacial score (nSPS) is 18.3. The van der Waals surface area contributed by atoms with Crippen molar-refractivity contribution in [3.05, 3.63) is 99.5 Å². The molecule has 5 nitrogen and oxygen atoms in total. The van der Waals surface area contributed by atoms with Gasteiger partial charge in [0.05, 0.1) is 22.5 Å². The molecular weight excluding hydrogens is 513 g/mol. The van der Waals surface area contributed by atoms with Crippen LogP contribution in [-0.4, -0.2) is 22.7 Å². The molecule has 39 heavy (non-hydrogen) atoms. The third-order valence-electron chi connectivity index (χ3n) is 7.88. The Hall–Kier alpha value is -3.79. The highest BCUT2D eigenvalue weighted by Crippen LogP contribution is 2.47. The Balaban J connectivity index is 1.58. The molecule has 4 aromatic rings. The molecule has 2 aliphatic rings. The zero-order chi connectivity index (χ0) is 26.9. The maximum Gasteiger partial charge on any atom is 0.240 e. The predicted molar refractivity (Wildman–Crippen MR) is 150 cm³/mol. The fourth-order valence-corrected chi connectivity index (χ4v) is 5.94. The number of ether oxygens (including phenoxy) is 1. The van der Waals surface area contributed by atoms with E-state index in [4.69, 9.17) is 16.3 Å². The number of nitrogens with zero attached hydrogens (tertiary/aromatic N) is 3. The minimum Gasteiger partial charge on any atom is -0.356 e. The van der Waals surface area contributed by atoms with E-state index in [0.717, 1.165) is 72.6 Å². The highest BCUT2D eigenvalue weighted by molar-refractivity contribution is 6.33. The van der Waals surface area contributed by atoms with Crippen LogP contribution >= 0.6 is 11.6 Å². The van der Waals surface area contributed by atoms with E-state index in [1.807, 2.05) is 36.4 Å². The average molecular weight is 540 g/mol. The number of allylic oxidation sites excluding steroid dienone is 1. The maximum atomic E-state index is 15.3. The Labute approximate surface area is 231 Å². The third kappa shape index (κ3) is 4.78. The lowest BCUT2D eigenvalue weighted by Gasteiger charge is -2.32. The van der Waals surface area contributed by atoms with Gasteiger partial charge in [-0.3, -0.25) is 4.79 Å². The molecule has 0 amide bonds. The van der Waals surface area contributed by atoms with Gasteiger partial charge in [-0.1, -0.05) is 54.4 Å². The summed E-state index contributed by atoms with van der Waals surface area (Å²) in [6.07, 6.45) is 6.50. The lowest BCUT2D eigenvalue weighted by atomic mass is 9.73. The van der Waals surface area contributed by atoms with Crippen molar-refractivity contribution in [2.45, 2.75) is 44.8 Å². The van der Waals surface area contributed by atoms with Gasteiger partial charge in [0.25, 0.3) is 0 Å². The highest BCUT2D eigenvalue weighted by atomic mass is 35.5. The minimum absolute atomic E-state index is 0.259. The van der Waals surface area contributed by atoms with Crippen molar-refractivity contribution < 1.29 is 13.9 Å². The average Bonchev–Trinajstić information content (AvgIpc) is 3.28. The van der Waals surface area contributed by atoms with E-state index in [9.17, 15) is 10.1 Å². The second-order valence-electron chi connectivity index (χ2n) is 10.3. The monoisotopic (exact) mass is 539 g/mol. The summed E-state index contributed by atoms with van der Waals surface area (Å²) in [7, 11) is 0. The summed E-state index contributed by atoms with van der Waals surface area (Å²) in [6, 6.07) is 20.7. The third-order valence-corrected chi connectivity index (χ3v) is 8.20. The highest BCUT2D eigenvalue weighted by Gasteiger charge is 2.29. The van der Waals surface area contributed by atoms with Crippen LogP contribution in [0.5, 0.6) is 0 Å². The van der Waals surface area contributed by atoms with Gasteiger partial charge in [-0.15, -0.1) is 5.10 Å². The number of fused-ring (bicyclic) bond motifs is 1. The van der Waals surface area contributed by atoms with Gasteiger partial charge in [0.1, 0.15) is 6.29 Å². The van der Waals surface area contributed by atoms with Gasteiger partial charge in [-0.05, 0) is 90.1 Å². The van der Waals surface area contributed by atoms with Crippen molar-refractivity contribution >= 4 is 39.9 Å². The van der Waals surface area contributed by atoms with E-state index in [0.29, 0.717) is 33.7 Å². The van der Waals surface area contributed by atoms with Gasteiger partial charge in [0.15, 0.2) is 6.23 Å². The molecule has 1 saturated carbocycles. The first-order valence-electron chi connectivity index (χ1n) is 13.4. The molecule has 0 N–H and O–H groups in total. The molecule has 1 aliphatic carbocycles. The van der Waals surface area contributed by atoms with Gasteiger partial charge < -0.3 is 4.74 Å². The number of halogens is 2. The Morgan fingerprint density at radius 2 is 1.82 bits per heavy atom. The van der Waals surface area contributed by atoms with Gasteiger partial charge in [-0.2, -0.15) is 9.65 Å². The van der Waals surface area contributed by atoms with E-state index in [1.54, 1.807) is 28.9 Å². The Morgan fingerprint density at radius 1 is 1.03 bits per heavy atom. The van der Waals surface area contributed by atoms with Crippen LogP contribution in [0.2, 0.25) is 5.02 Å². The van der Waals surface area contributed by atoms with Crippen LogP contribution < -0.4 is 0 Å². The number of hydrogen-bond donors (Lipinski definition) is 0. The second kappa shape index (κ2) is 10.8. The number of rotatable bonds is 6. The second-order valence-corrected chi connectivity index (χ2v) is 10.7. The Morgan fingerprint density at radius 3 is 2.46 bits per heavy atom. The summed E-state index contributed by atoms with van der Waals surface area (Å²) in [4.78, 5) is 11.4. The van der Waals surface area contributed by atoms with Crippen molar-refractivity contribution in [3.63, 3.8) is 0 Å². The van der Waals surface area contributed by atoms with E-state index in [2.05, 4.69) is 11.2 Å². The minimum atomic E-state index is -0.529. The lowest BCUT2D eigenvalue weighted by Crippen LogP contribution is -2.19. The lowest BCUT2D eigenvalue weighted by molar-refractivity contribution is -0.0375. The molecular formula is C32H27ClFN3O2. The zero-order valence-corrected chi connectivity index (χ0v) is 22.1. The van der Waals surface area contributed by atoms with E-state index < -0.39 is 5.95 Å². The summed E-state index contributed by atoms with van der Waals surface area (Å²) in [5.41, 5.74) is 6.38. The number of aldehydes is 1. The van der Waals surface area contributed by atoms with Crippen LogP contribution in [-0.2, 0) is 4.74 Å². The first kappa shape index (κ1) is 25.5. The van der Waals surface area contributed by atoms with Gasteiger partial charge >= 0.3 is 0 Å². The molecule has 1 atom stereocenters. The van der Waals surface area contributed by atoms with Crippen LogP contribution in [0.4, 0.5) is 4.39 Å². The number of hydrogen-bond acceptors (Lipinski definition) is 4. The van der Waals surface area contributed by atoms with E-state index in [-0.39, 0.29) is 12.1 Å². The molecule has 6 rings (SSSR count). The van der Waals surface area contributed by atoms with E-state index in [1.165, 1.54) is 0 Å². The molecule has 0 radical (unpaired) electrons. The Kier molecular flexibility index (Phi) is 7.03. The summed E-state index contributed by atoms with van der Waals surface area (Å²) in [5, 5.41) is 14.6. The molecule has 0 bridgehead atoms. The standard InChI is InChI=1S/C32H27ClFN3O2/c33-27-16-21(18-35)9-13-25(27)31(22-4-3-5-22)30(23-10-7-20(19-38)8-11-23)24-12-14-28-26(17-24)32(34)36-37(28)29-6-1-2-15-39-29/h7-14,16-17,19,22,29H,1-6,15H2. The quantitative estimate of drug-likeness (QED) is 0.184. The van der Waals surface area contributed by atoms with Crippen molar-refractivity contribution in [1.29, 1.82) is 5.26 Å². The molecule has 7 heteroatoms. The summed E-state index contributed by atoms with van der Waals surface area (Å²) >= 11 is 6.79. The number of carbonyl (C=O) groups is 1. The summed E-state index contributed by atoms with van der Waals surface area (Å²) < 4.78 is 22.9. The summed E-state index contributed by atoms with van der Waals surface area (Å²) in [5.74, 6) is -0.270. The molecule has 1 unspecified atom stereocenters. The van der Waals surface area contributed by atoms with Crippen molar-refractivity contribution in [1.82, 2.24) is 9.78 Å².